The molecular formula is C21H24O2. The first kappa shape index (κ1) is 15.8. The molecule has 2 heteroatoms. The highest BCUT2D eigenvalue weighted by Crippen LogP contribution is 2.46. The Balaban J connectivity index is 1.87. The van der Waals surface area contributed by atoms with Crippen LogP contribution in [0, 0.1) is 5.92 Å². The number of hydrogen-bond donors (Lipinski definition) is 0. The predicted octanol–water partition coefficient (Wildman–Crippen LogP) is 4.92. The zero-order chi connectivity index (χ0) is 16.1. The van der Waals surface area contributed by atoms with E-state index < -0.39 is 0 Å². The van der Waals surface area contributed by atoms with Gasteiger partial charge in [-0.25, -0.2) is 0 Å². The van der Waals surface area contributed by atoms with Crippen LogP contribution in [0.1, 0.15) is 49.1 Å². The minimum Gasteiger partial charge on any atom is -0.466 e. The lowest BCUT2D eigenvalue weighted by Crippen LogP contribution is -2.28. The van der Waals surface area contributed by atoms with Crippen molar-refractivity contribution in [1.29, 1.82) is 0 Å². The summed E-state index contributed by atoms with van der Waals surface area (Å²) in [5, 5.41) is 0. The van der Waals surface area contributed by atoms with Crippen LogP contribution in [-0.4, -0.2) is 12.6 Å². The van der Waals surface area contributed by atoms with Gasteiger partial charge >= 0.3 is 5.97 Å². The van der Waals surface area contributed by atoms with Gasteiger partial charge in [0.2, 0.25) is 0 Å². The molecule has 2 nitrogen and oxygen atoms in total. The molecule has 0 N–H and O–H groups in total. The van der Waals surface area contributed by atoms with E-state index >= 15 is 0 Å². The first-order valence-corrected chi connectivity index (χ1v) is 8.56. The van der Waals surface area contributed by atoms with Crippen molar-refractivity contribution in [2.75, 3.05) is 6.61 Å². The molecule has 1 aliphatic rings. The van der Waals surface area contributed by atoms with E-state index in [1.807, 2.05) is 13.0 Å². The first-order chi connectivity index (χ1) is 11.3. The molecule has 2 aromatic rings. The summed E-state index contributed by atoms with van der Waals surface area (Å²) in [7, 11) is 0. The van der Waals surface area contributed by atoms with E-state index in [1.165, 1.54) is 11.1 Å². The zero-order valence-corrected chi connectivity index (χ0v) is 13.7. The van der Waals surface area contributed by atoms with Gasteiger partial charge in [-0.1, -0.05) is 60.7 Å². The normalized spacial score (nSPS) is 24.1. The van der Waals surface area contributed by atoms with Crippen molar-refractivity contribution in [2.45, 2.75) is 38.0 Å². The molecule has 23 heavy (non-hydrogen) atoms. The van der Waals surface area contributed by atoms with Crippen LogP contribution in [0.25, 0.3) is 0 Å². The van der Waals surface area contributed by atoms with Crippen LogP contribution in [0.3, 0.4) is 0 Å². The summed E-state index contributed by atoms with van der Waals surface area (Å²) in [6.45, 7) is 2.34. The van der Waals surface area contributed by atoms with Crippen LogP contribution in [0.15, 0.2) is 60.7 Å². The second-order valence-corrected chi connectivity index (χ2v) is 6.30. The number of benzene rings is 2. The van der Waals surface area contributed by atoms with Gasteiger partial charge in [-0.05, 0) is 49.1 Å². The van der Waals surface area contributed by atoms with Crippen LogP contribution in [0.2, 0.25) is 0 Å². The Morgan fingerprint density at radius 3 is 2.04 bits per heavy atom. The molecule has 0 saturated heterocycles. The maximum atomic E-state index is 12.2. The van der Waals surface area contributed by atoms with E-state index in [-0.39, 0.29) is 11.9 Å². The number of esters is 1. The van der Waals surface area contributed by atoms with Crippen molar-refractivity contribution in [3.05, 3.63) is 71.8 Å². The van der Waals surface area contributed by atoms with Gasteiger partial charge in [-0.2, -0.15) is 0 Å². The van der Waals surface area contributed by atoms with Gasteiger partial charge in [0.15, 0.2) is 0 Å². The second kappa shape index (κ2) is 7.45. The third kappa shape index (κ3) is 3.64. The Labute approximate surface area is 138 Å². The average molecular weight is 308 g/mol. The Morgan fingerprint density at radius 2 is 1.48 bits per heavy atom. The smallest absolute Gasteiger partial charge is 0.308 e. The molecule has 0 aromatic heterocycles. The standard InChI is InChI=1S/C21H24O2/c1-2-23-21(22)18-13-14-19(16-9-5-3-6-10-16)20(15-18)17-11-7-4-8-12-17/h3-12,18-20H,2,13-15H2,1H3/t18-,19-,20-/m1/s1. The molecule has 0 aliphatic heterocycles. The monoisotopic (exact) mass is 308 g/mol. The van der Waals surface area contributed by atoms with Crippen LogP contribution >= 0.6 is 0 Å². The Morgan fingerprint density at radius 1 is 0.913 bits per heavy atom. The molecule has 3 atom stereocenters. The molecule has 0 radical (unpaired) electrons. The van der Waals surface area contributed by atoms with Crippen molar-refractivity contribution in [3.63, 3.8) is 0 Å². The molecular weight excluding hydrogens is 284 g/mol. The predicted molar refractivity (Wildman–Crippen MR) is 92.3 cm³/mol. The number of ether oxygens (including phenoxy) is 1. The van der Waals surface area contributed by atoms with E-state index in [9.17, 15) is 4.79 Å². The molecule has 1 saturated carbocycles. The molecule has 0 amide bonds. The molecule has 2 aromatic carbocycles. The van der Waals surface area contributed by atoms with E-state index in [0.29, 0.717) is 18.4 Å². The largest absolute Gasteiger partial charge is 0.466 e. The van der Waals surface area contributed by atoms with Crippen LogP contribution < -0.4 is 0 Å². The van der Waals surface area contributed by atoms with E-state index in [2.05, 4.69) is 54.6 Å². The van der Waals surface area contributed by atoms with Crippen molar-refractivity contribution >= 4 is 5.97 Å². The topological polar surface area (TPSA) is 26.3 Å². The zero-order valence-electron chi connectivity index (χ0n) is 13.7. The van der Waals surface area contributed by atoms with Gasteiger partial charge < -0.3 is 4.74 Å². The van der Waals surface area contributed by atoms with E-state index in [1.54, 1.807) is 0 Å². The summed E-state index contributed by atoms with van der Waals surface area (Å²) >= 11 is 0. The highest BCUT2D eigenvalue weighted by atomic mass is 16.5. The lowest BCUT2D eigenvalue weighted by Gasteiger charge is -2.36. The number of hydrogen-bond acceptors (Lipinski definition) is 2. The number of carbonyl (C=O) groups is 1. The fourth-order valence-electron chi connectivity index (χ4n) is 3.81. The van der Waals surface area contributed by atoms with Crippen LogP contribution in [-0.2, 0) is 9.53 Å². The van der Waals surface area contributed by atoms with E-state index in [0.717, 1.165) is 19.3 Å². The molecule has 0 bridgehead atoms. The minimum atomic E-state index is -0.0278. The molecule has 3 rings (SSSR count). The lowest BCUT2D eigenvalue weighted by molar-refractivity contribution is -0.149. The fourth-order valence-corrected chi connectivity index (χ4v) is 3.81. The summed E-state index contributed by atoms with van der Waals surface area (Å²) in [6.07, 6.45) is 2.83. The summed E-state index contributed by atoms with van der Waals surface area (Å²) in [5.74, 6) is 0.853. The average Bonchev–Trinajstić information content (AvgIpc) is 2.63. The third-order valence-corrected chi connectivity index (χ3v) is 4.93. The van der Waals surface area contributed by atoms with Gasteiger partial charge in [0.25, 0.3) is 0 Å². The maximum absolute atomic E-state index is 12.2. The molecule has 1 fully saturated rings. The van der Waals surface area contributed by atoms with Gasteiger partial charge in [-0.3, -0.25) is 4.79 Å². The Bertz CT molecular complexity index is 621. The minimum absolute atomic E-state index is 0.0278. The van der Waals surface area contributed by atoms with Gasteiger partial charge in [0, 0.05) is 0 Å². The molecule has 0 unspecified atom stereocenters. The summed E-state index contributed by atoms with van der Waals surface area (Å²) in [5.41, 5.74) is 2.71. The van der Waals surface area contributed by atoms with Crippen molar-refractivity contribution in [1.82, 2.24) is 0 Å². The Hall–Kier alpha value is -2.09. The Kier molecular flexibility index (Phi) is 5.12. The van der Waals surface area contributed by atoms with Gasteiger partial charge in [-0.15, -0.1) is 0 Å². The summed E-state index contributed by atoms with van der Waals surface area (Å²) in [4.78, 5) is 12.2. The lowest BCUT2D eigenvalue weighted by atomic mass is 9.68. The van der Waals surface area contributed by atoms with Crippen molar-refractivity contribution in [3.8, 4) is 0 Å². The molecule has 120 valence electrons. The second-order valence-electron chi connectivity index (χ2n) is 6.30. The van der Waals surface area contributed by atoms with Crippen LogP contribution in [0.4, 0.5) is 0 Å². The van der Waals surface area contributed by atoms with Crippen molar-refractivity contribution in [2.24, 2.45) is 5.92 Å². The third-order valence-electron chi connectivity index (χ3n) is 4.93. The highest BCUT2D eigenvalue weighted by Gasteiger charge is 2.36. The maximum Gasteiger partial charge on any atom is 0.308 e. The number of carbonyl (C=O) groups excluding carboxylic acids is 1. The van der Waals surface area contributed by atoms with Gasteiger partial charge in [0.1, 0.15) is 0 Å². The van der Waals surface area contributed by atoms with Crippen LogP contribution in [0.5, 0.6) is 0 Å². The van der Waals surface area contributed by atoms with Gasteiger partial charge in [0.05, 0.1) is 12.5 Å². The first-order valence-electron chi connectivity index (χ1n) is 8.56. The summed E-state index contributed by atoms with van der Waals surface area (Å²) in [6, 6.07) is 21.3. The molecule has 0 heterocycles. The summed E-state index contributed by atoms with van der Waals surface area (Å²) < 4.78 is 5.27. The molecule has 1 aliphatic carbocycles. The van der Waals surface area contributed by atoms with E-state index in [4.69, 9.17) is 4.74 Å². The SMILES string of the molecule is CCOC(=O)[C@@H]1CC[C@H](c2ccccc2)[C@@H](c2ccccc2)C1. The molecule has 0 spiro atoms. The quantitative estimate of drug-likeness (QED) is 0.750. The fraction of sp³-hybridized carbons (Fsp3) is 0.381. The number of rotatable bonds is 4. The highest BCUT2D eigenvalue weighted by molar-refractivity contribution is 5.72. The van der Waals surface area contributed by atoms with Crippen molar-refractivity contribution < 1.29 is 9.53 Å².